The molecule has 0 amide bonds. The molecule has 6 heteroatoms. The summed E-state index contributed by atoms with van der Waals surface area (Å²) in [5.74, 6) is 2.34. The molecule has 21 heavy (non-hydrogen) atoms. The summed E-state index contributed by atoms with van der Waals surface area (Å²) in [5.41, 5.74) is 7.35. The minimum atomic E-state index is 0.570. The summed E-state index contributed by atoms with van der Waals surface area (Å²) < 4.78 is 11.6. The average molecular weight is 389 g/mol. The lowest BCUT2D eigenvalue weighted by molar-refractivity contribution is 0.398. The van der Waals surface area contributed by atoms with Crippen LogP contribution in [0.25, 0.3) is 0 Å². The molecule has 2 aromatic carbocycles. The van der Waals surface area contributed by atoms with Crippen LogP contribution in [0, 0.1) is 0 Å². The molecule has 0 saturated carbocycles. The van der Waals surface area contributed by atoms with Gasteiger partial charge in [-0.3, -0.25) is 0 Å². The number of nitrogens with two attached hydrogens (primary N) is 1. The summed E-state index contributed by atoms with van der Waals surface area (Å²) in [6.07, 6.45) is 0. The molecule has 0 heterocycles. The lowest BCUT2D eigenvalue weighted by atomic mass is 10.2. The van der Waals surface area contributed by atoms with Crippen LogP contribution in [-0.4, -0.2) is 14.2 Å². The van der Waals surface area contributed by atoms with Crippen LogP contribution in [0.4, 0.5) is 5.69 Å². The molecular weight excluding hydrogens is 374 g/mol. The van der Waals surface area contributed by atoms with E-state index in [1.54, 1.807) is 26.0 Å². The number of halogens is 2. The lowest BCUT2D eigenvalue weighted by Crippen LogP contribution is -1.94. The zero-order valence-corrected chi connectivity index (χ0v) is 14.8. The number of hydrogen-bond acceptors (Lipinski definition) is 4. The van der Waals surface area contributed by atoms with E-state index in [1.807, 2.05) is 30.3 Å². The van der Waals surface area contributed by atoms with Crippen LogP contribution < -0.4 is 15.2 Å². The molecule has 0 bridgehead atoms. The Hall–Kier alpha value is -1.04. The average Bonchev–Trinajstić information content (AvgIpc) is 2.48. The van der Waals surface area contributed by atoms with Gasteiger partial charge in [0.15, 0.2) is 0 Å². The van der Waals surface area contributed by atoms with Crippen LogP contribution in [0.3, 0.4) is 0 Å². The molecule has 0 atom stereocenters. The van der Waals surface area contributed by atoms with Gasteiger partial charge in [0.1, 0.15) is 11.5 Å². The van der Waals surface area contributed by atoms with E-state index in [2.05, 4.69) is 15.9 Å². The third kappa shape index (κ3) is 3.99. The standard InChI is InChI=1S/C15H15BrClNO2S/c1-19-14-7-11(16)15(20-2)5-9(14)8-21-10-3-4-13(18)12(17)6-10/h3-7H,8,18H2,1-2H3. The number of hydrogen-bond donors (Lipinski definition) is 1. The maximum absolute atomic E-state index is 6.03. The minimum absolute atomic E-state index is 0.570. The second-order valence-electron chi connectivity index (χ2n) is 4.27. The first-order valence-corrected chi connectivity index (χ1v) is 8.29. The molecule has 2 N–H and O–H groups in total. The predicted octanol–water partition coefficient (Wildman–Crippen LogP) is 4.99. The van der Waals surface area contributed by atoms with Gasteiger partial charge in [-0.2, -0.15) is 0 Å². The van der Waals surface area contributed by atoms with E-state index in [0.717, 1.165) is 32.2 Å². The van der Waals surface area contributed by atoms with Gasteiger partial charge in [0.2, 0.25) is 0 Å². The zero-order valence-electron chi connectivity index (χ0n) is 11.7. The van der Waals surface area contributed by atoms with E-state index < -0.39 is 0 Å². The van der Waals surface area contributed by atoms with Gasteiger partial charge in [-0.15, -0.1) is 11.8 Å². The lowest BCUT2D eigenvalue weighted by Gasteiger charge is -2.12. The normalized spacial score (nSPS) is 10.5. The Morgan fingerprint density at radius 3 is 2.48 bits per heavy atom. The number of anilines is 1. The van der Waals surface area contributed by atoms with Crippen LogP contribution in [0.15, 0.2) is 39.7 Å². The van der Waals surface area contributed by atoms with Crippen LogP contribution in [-0.2, 0) is 5.75 Å². The van der Waals surface area contributed by atoms with Gasteiger partial charge in [-0.25, -0.2) is 0 Å². The molecule has 0 unspecified atom stereocenters. The predicted molar refractivity (Wildman–Crippen MR) is 92.7 cm³/mol. The fraction of sp³-hybridized carbons (Fsp3) is 0.200. The highest BCUT2D eigenvalue weighted by Crippen LogP contribution is 2.36. The van der Waals surface area contributed by atoms with Crippen molar-refractivity contribution in [3.05, 3.63) is 45.4 Å². The summed E-state index contributed by atoms with van der Waals surface area (Å²) in [4.78, 5) is 1.05. The summed E-state index contributed by atoms with van der Waals surface area (Å²) in [6.45, 7) is 0. The van der Waals surface area contributed by atoms with Gasteiger partial charge in [0, 0.05) is 16.2 Å². The zero-order chi connectivity index (χ0) is 15.4. The third-order valence-electron chi connectivity index (χ3n) is 2.92. The molecule has 0 aromatic heterocycles. The summed E-state index contributed by atoms with van der Waals surface area (Å²) in [7, 11) is 3.30. The van der Waals surface area contributed by atoms with E-state index in [1.165, 1.54) is 0 Å². The molecule has 2 aromatic rings. The highest BCUT2D eigenvalue weighted by atomic mass is 79.9. The number of ether oxygens (including phenoxy) is 2. The molecular formula is C15H15BrClNO2S. The van der Waals surface area contributed by atoms with Crippen molar-refractivity contribution in [3.63, 3.8) is 0 Å². The van der Waals surface area contributed by atoms with Gasteiger partial charge in [0.05, 0.1) is 29.4 Å². The molecule has 0 radical (unpaired) electrons. The fourth-order valence-corrected chi connectivity index (χ4v) is 3.44. The highest BCUT2D eigenvalue weighted by molar-refractivity contribution is 9.10. The first kappa shape index (κ1) is 16.3. The quantitative estimate of drug-likeness (QED) is 0.578. The molecule has 0 fully saturated rings. The molecule has 0 saturated heterocycles. The first-order chi connectivity index (χ1) is 10.0. The van der Waals surface area contributed by atoms with Gasteiger partial charge in [0.25, 0.3) is 0 Å². The minimum Gasteiger partial charge on any atom is -0.496 e. The van der Waals surface area contributed by atoms with Crippen LogP contribution in [0.5, 0.6) is 11.5 Å². The molecule has 0 aliphatic carbocycles. The Bertz CT molecular complexity index is 652. The Morgan fingerprint density at radius 2 is 1.86 bits per heavy atom. The van der Waals surface area contributed by atoms with E-state index in [-0.39, 0.29) is 0 Å². The molecule has 2 rings (SSSR count). The van der Waals surface area contributed by atoms with Crippen molar-refractivity contribution in [3.8, 4) is 11.5 Å². The van der Waals surface area contributed by atoms with Gasteiger partial charge >= 0.3 is 0 Å². The van der Waals surface area contributed by atoms with Crippen molar-refractivity contribution < 1.29 is 9.47 Å². The molecule has 0 spiro atoms. The number of rotatable bonds is 5. The molecule has 0 aliphatic heterocycles. The van der Waals surface area contributed by atoms with Gasteiger partial charge < -0.3 is 15.2 Å². The monoisotopic (exact) mass is 387 g/mol. The second kappa shape index (κ2) is 7.29. The van der Waals surface area contributed by atoms with Crippen molar-refractivity contribution in [1.82, 2.24) is 0 Å². The SMILES string of the molecule is COc1cc(CSc2ccc(N)c(Cl)c2)c(OC)cc1Br. The first-order valence-electron chi connectivity index (χ1n) is 6.13. The summed E-state index contributed by atoms with van der Waals surface area (Å²) in [5, 5.41) is 0.570. The van der Waals surface area contributed by atoms with Crippen LogP contribution in [0.1, 0.15) is 5.56 Å². The van der Waals surface area contributed by atoms with Crippen molar-refractivity contribution >= 4 is 45.0 Å². The van der Waals surface area contributed by atoms with E-state index in [9.17, 15) is 0 Å². The largest absolute Gasteiger partial charge is 0.496 e. The maximum Gasteiger partial charge on any atom is 0.133 e. The Kier molecular flexibility index (Phi) is 5.67. The Morgan fingerprint density at radius 1 is 1.14 bits per heavy atom. The van der Waals surface area contributed by atoms with E-state index in [4.69, 9.17) is 26.8 Å². The number of nitrogen functional groups attached to an aromatic ring is 1. The van der Waals surface area contributed by atoms with Crippen molar-refractivity contribution in [2.24, 2.45) is 0 Å². The maximum atomic E-state index is 6.03. The van der Waals surface area contributed by atoms with E-state index in [0.29, 0.717) is 10.7 Å². The number of benzene rings is 2. The van der Waals surface area contributed by atoms with Crippen molar-refractivity contribution in [1.29, 1.82) is 0 Å². The summed E-state index contributed by atoms with van der Waals surface area (Å²) >= 11 is 11.1. The summed E-state index contributed by atoms with van der Waals surface area (Å²) in [6, 6.07) is 9.50. The number of thioether (sulfide) groups is 1. The second-order valence-corrected chi connectivity index (χ2v) is 6.58. The fourth-order valence-electron chi connectivity index (χ4n) is 1.80. The molecule has 112 valence electrons. The topological polar surface area (TPSA) is 44.5 Å². The smallest absolute Gasteiger partial charge is 0.133 e. The highest BCUT2D eigenvalue weighted by Gasteiger charge is 2.10. The van der Waals surface area contributed by atoms with Crippen LogP contribution >= 0.6 is 39.3 Å². The van der Waals surface area contributed by atoms with Gasteiger partial charge in [-0.1, -0.05) is 11.6 Å². The van der Waals surface area contributed by atoms with Crippen molar-refractivity contribution in [2.45, 2.75) is 10.6 Å². The van der Waals surface area contributed by atoms with Gasteiger partial charge in [-0.05, 0) is 46.3 Å². The Labute approximate surface area is 141 Å². The third-order valence-corrected chi connectivity index (χ3v) is 4.91. The molecule has 0 aliphatic rings. The Balaban J connectivity index is 2.20. The van der Waals surface area contributed by atoms with Crippen LogP contribution in [0.2, 0.25) is 5.02 Å². The molecule has 3 nitrogen and oxygen atoms in total. The van der Waals surface area contributed by atoms with E-state index >= 15 is 0 Å². The van der Waals surface area contributed by atoms with Crippen molar-refractivity contribution in [2.75, 3.05) is 20.0 Å². The number of methoxy groups -OCH3 is 2.